The van der Waals surface area contributed by atoms with E-state index in [4.69, 9.17) is 14.2 Å². The Balaban J connectivity index is 2.03. The van der Waals surface area contributed by atoms with E-state index >= 15 is 0 Å². The summed E-state index contributed by atoms with van der Waals surface area (Å²) < 4.78 is 15.8. The first-order valence-electron chi connectivity index (χ1n) is 9.04. The van der Waals surface area contributed by atoms with Gasteiger partial charge in [-0.25, -0.2) is 0 Å². The van der Waals surface area contributed by atoms with Gasteiger partial charge in [-0.3, -0.25) is 9.69 Å². The van der Waals surface area contributed by atoms with Crippen LogP contribution in [0, 0.1) is 0 Å². The van der Waals surface area contributed by atoms with Crippen LogP contribution >= 0.6 is 0 Å². The fourth-order valence-electron chi connectivity index (χ4n) is 3.76. The summed E-state index contributed by atoms with van der Waals surface area (Å²) in [6.45, 7) is 0.762. The van der Waals surface area contributed by atoms with Gasteiger partial charge in [-0.2, -0.15) is 0 Å². The van der Waals surface area contributed by atoms with Gasteiger partial charge in [0.25, 0.3) is 0 Å². The predicted molar refractivity (Wildman–Crippen MR) is 103 cm³/mol. The van der Waals surface area contributed by atoms with Crippen molar-refractivity contribution in [3.8, 4) is 23.0 Å². The number of phenolic OH excluding ortho intramolecular Hbond substituents is 2. The van der Waals surface area contributed by atoms with Gasteiger partial charge in [0.05, 0.1) is 27.9 Å². The van der Waals surface area contributed by atoms with Crippen molar-refractivity contribution < 1.29 is 29.2 Å². The van der Waals surface area contributed by atoms with Crippen LogP contribution in [0.25, 0.3) is 0 Å². The molecule has 1 aliphatic heterocycles. The lowest BCUT2D eigenvalue weighted by molar-refractivity contribution is -0.142. The number of ether oxygens (including phenoxy) is 3. The number of hydrogen-bond acceptors (Lipinski definition) is 7. The van der Waals surface area contributed by atoms with Crippen LogP contribution in [-0.4, -0.2) is 55.5 Å². The van der Waals surface area contributed by atoms with Crippen molar-refractivity contribution in [2.45, 2.75) is 18.9 Å². The third-order valence-electron chi connectivity index (χ3n) is 5.16. The zero-order valence-corrected chi connectivity index (χ0v) is 16.3. The lowest BCUT2D eigenvalue weighted by Gasteiger charge is -2.37. The van der Waals surface area contributed by atoms with Crippen LogP contribution in [0.2, 0.25) is 0 Å². The predicted octanol–water partition coefficient (Wildman–Crippen LogP) is 2.43. The number of esters is 1. The second-order valence-corrected chi connectivity index (χ2v) is 6.71. The van der Waals surface area contributed by atoms with Gasteiger partial charge in [-0.1, -0.05) is 12.1 Å². The Labute approximate surface area is 164 Å². The summed E-state index contributed by atoms with van der Waals surface area (Å²) >= 11 is 0. The van der Waals surface area contributed by atoms with Gasteiger partial charge in [0.1, 0.15) is 0 Å². The fraction of sp³-hybridized carbons (Fsp3) is 0.381. The molecule has 28 heavy (non-hydrogen) atoms. The van der Waals surface area contributed by atoms with Crippen molar-refractivity contribution in [1.29, 1.82) is 0 Å². The maximum atomic E-state index is 11.9. The van der Waals surface area contributed by atoms with E-state index < -0.39 is 0 Å². The molecule has 0 bridgehead atoms. The lowest BCUT2D eigenvalue weighted by Crippen LogP contribution is -2.40. The van der Waals surface area contributed by atoms with Crippen molar-refractivity contribution >= 4 is 5.97 Å². The number of fused-ring (bicyclic) bond motifs is 1. The number of carbonyl (C=O) groups is 1. The summed E-state index contributed by atoms with van der Waals surface area (Å²) in [5.41, 5.74) is 2.74. The second kappa shape index (κ2) is 8.39. The molecular weight excluding hydrogens is 362 g/mol. The topological polar surface area (TPSA) is 88.5 Å². The lowest BCUT2D eigenvalue weighted by atomic mass is 9.88. The fourth-order valence-corrected chi connectivity index (χ4v) is 3.76. The van der Waals surface area contributed by atoms with Crippen molar-refractivity contribution in [3.05, 3.63) is 47.0 Å². The van der Waals surface area contributed by atoms with Crippen LogP contribution in [0.5, 0.6) is 23.0 Å². The van der Waals surface area contributed by atoms with Gasteiger partial charge < -0.3 is 24.4 Å². The number of carbonyl (C=O) groups excluding carboxylic acids is 1. The molecule has 2 aromatic carbocycles. The van der Waals surface area contributed by atoms with Crippen LogP contribution in [0.1, 0.15) is 22.7 Å². The van der Waals surface area contributed by atoms with E-state index in [0.29, 0.717) is 30.9 Å². The average molecular weight is 387 g/mol. The molecule has 0 aromatic heterocycles. The monoisotopic (exact) mass is 387 g/mol. The van der Waals surface area contributed by atoms with Gasteiger partial charge in [0.15, 0.2) is 23.0 Å². The Morgan fingerprint density at radius 1 is 1.14 bits per heavy atom. The summed E-state index contributed by atoms with van der Waals surface area (Å²) in [7, 11) is 4.54. The quantitative estimate of drug-likeness (QED) is 0.581. The standard InChI is InChI=1S/C21H25NO6/c1-26-19-6-4-5-14(21(19)28-3)9-16-15-11-18(24)17(23)10-13(15)7-8-22(16)12-20(25)27-2/h4-6,10-11,16,23-24H,7-9,12H2,1-3H3. The van der Waals surface area contributed by atoms with E-state index in [1.807, 2.05) is 23.1 Å². The minimum atomic E-state index is -0.325. The first-order chi connectivity index (χ1) is 13.5. The average Bonchev–Trinajstić information content (AvgIpc) is 2.70. The minimum Gasteiger partial charge on any atom is -0.504 e. The highest BCUT2D eigenvalue weighted by molar-refractivity contribution is 5.71. The molecule has 0 aliphatic carbocycles. The molecule has 2 aromatic rings. The molecule has 0 spiro atoms. The molecule has 7 nitrogen and oxygen atoms in total. The number of methoxy groups -OCH3 is 3. The molecule has 1 heterocycles. The van der Waals surface area contributed by atoms with Crippen LogP contribution in [0.15, 0.2) is 30.3 Å². The maximum Gasteiger partial charge on any atom is 0.319 e. The smallest absolute Gasteiger partial charge is 0.319 e. The number of para-hydroxylation sites is 1. The molecular formula is C21H25NO6. The zero-order chi connectivity index (χ0) is 20.3. The van der Waals surface area contributed by atoms with Gasteiger partial charge >= 0.3 is 5.97 Å². The molecule has 3 rings (SSSR count). The number of aromatic hydroxyl groups is 2. The summed E-state index contributed by atoms with van der Waals surface area (Å²) in [6, 6.07) is 8.63. The first kappa shape index (κ1) is 19.8. The van der Waals surface area contributed by atoms with Crippen LogP contribution < -0.4 is 9.47 Å². The van der Waals surface area contributed by atoms with Gasteiger partial charge in [0, 0.05) is 12.6 Å². The van der Waals surface area contributed by atoms with E-state index in [2.05, 4.69) is 0 Å². The van der Waals surface area contributed by atoms with Crippen LogP contribution in [0.4, 0.5) is 0 Å². The highest BCUT2D eigenvalue weighted by Gasteiger charge is 2.31. The van der Waals surface area contributed by atoms with E-state index in [1.54, 1.807) is 26.4 Å². The Kier molecular flexibility index (Phi) is 5.94. The Hall–Kier alpha value is -2.93. The van der Waals surface area contributed by atoms with E-state index in [-0.39, 0.29) is 30.1 Å². The third kappa shape index (κ3) is 3.84. The largest absolute Gasteiger partial charge is 0.504 e. The Morgan fingerprint density at radius 3 is 2.57 bits per heavy atom. The van der Waals surface area contributed by atoms with Crippen LogP contribution in [0.3, 0.4) is 0 Å². The van der Waals surface area contributed by atoms with E-state index in [0.717, 1.165) is 16.7 Å². The maximum absolute atomic E-state index is 11.9. The molecule has 150 valence electrons. The number of benzene rings is 2. The van der Waals surface area contributed by atoms with Crippen molar-refractivity contribution in [2.24, 2.45) is 0 Å². The molecule has 0 saturated heterocycles. The SMILES string of the molecule is COC(=O)CN1CCc2cc(O)c(O)cc2C1Cc1cccc(OC)c1OC. The van der Waals surface area contributed by atoms with Crippen molar-refractivity contribution in [1.82, 2.24) is 4.90 Å². The zero-order valence-electron chi connectivity index (χ0n) is 16.3. The molecule has 0 amide bonds. The van der Waals surface area contributed by atoms with E-state index in [9.17, 15) is 15.0 Å². The number of rotatable bonds is 6. The number of hydrogen-bond donors (Lipinski definition) is 2. The molecule has 1 unspecified atom stereocenters. The molecule has 1 atom stereocenters. The van der Waals surface area contributed by atoms with Crippen LogP contribution in [-0.2, 0) is 22.4 Å². The second-order valence-electron chi connectivity index (χ2n) is 6.71. The molecule has 0 saturated carbocycles. The number of nitrogens with zero attached hydrogens (tertiary/aromatic N) is 1. The van der Waals surface area contributed by atoms with E-state index in [1.165, 1.54) is 7.11 Å². The first-order valence-corrected chi connectivity index (χ1v) is 9.04. The van der Waals surface area contributed by atoms with Gasteiger partial charge in [-0.15, -0.1) is 0 Å². The third-order valence-corrected chi connectivity index (χ3v) is 5.16. The highest BCUT2D eigenvalue weighted by Crippen LogP contribution is 2.41. The summed E-state index contributed by atoms with van der Waals surface area (Å²) in [5, 5.41) is 19.9. The normalized spacial score (nSPS) is 16.3. The Bertz CT molecular complexity index is 866. The number of phenols is 2. The van der Waals surface area contributed by atoms with Gasteiger partial charge in [0.2, 0.25) is 0 Å². The summed E-state index contributed by atoms with van der Waals surface area (Å²) in [5.74, 6) is 0.621. The summed E-state index contributed by atoms with van der Waals surface area (Å²) in [6.07, 6.45) is 1.19. The Morgan fingerprint density at radius 2 is 1.89 bits per heavy atom. The van der Waals surface area contributed by atoms with Crippen molar-refractivity contribution in [3.63, 3.8) is 0 Å². The molecule has 1 aliphatic rings. The molecule has 0 fully saturated rings. The summed E-state index contributed by atoms with van der Waals surface area (Å²) in [4.78, 5) is 14.0. The van der Waals surface area contributed by atoms with Crippen molar-refractivity contribution in [2.75, 3.05) is 34.4 Å². The molecule has 7 heteroatoms. The molecule has 2 N–H and O–H groups in total. The highest BCUT2D eigenvalue weighted by atomic mass is 16.5. The molecule has 0 radical (unpaired) electrons. The minimum absolute atomic E-state index is 0.133. The van der Waals surface area contributed by atoms with Gasteiger partial charge in [-0.05, 0) is 47.7 Å².